The van der Waals surface area contributed by atoms with Crippen LogP contribution in [0.4, 0.5) is 17.5 Å². The summed E-state index contributed by atoms with van der Waals surface area (Å²) in [7, 11) is 1.59. The molecule has 0 saturated carbocycles. The van der Waals surface area contributed by atoms with Crippen LogP contribution in [0.15, 0.2) is 28.0 Å². The zero-order valence-corrected chi connectivity index (χ0v) is 20.3. The van der Waals surface area contributed by atoms with Crippen molar-refractivity contribution in [1.82, 2.24) is 25.1 Å². The van der Waals surface area contributed by atoms with Crippen LogP contribution < -0.4 is 19.7 Å². The van der Waals surface area contributed by atoms with E-state index in [2.05, 4.69) is 35.3 Å². The van der Waals surface area contributed by atoms with Gasteiger partial charge in [-0.15, -0.1) is 11.8 Å². The van der Waals surface area contributed by atoms with E-state index in [1.54, 1.807) is 18.9 Å². The monoisotopic (exact) mass is 471 g/mol. The van der Waals surface area contributed by atoms with Gasteiger partial charge in [0.15, 0.2) is 11.6 Å². The van der Waals surface area contributed by atoms with Gasteiger partial charge in [-0.25, -0.2) is 9.97 Å². The summed E-state index contributed by atoms with van der Waals surface area (Å²) in [4.78, 5) is 19.8. The van der Waals surface area contributed by atoms with Crippen molar-refractivity contribution in [3.63, 3.8) is 0 Å². The van der Waals surface area contributed by atoms with Crippen molar-refractivity contribution in [3.8, 4) is 11.6 Å². The van der Waals surface area contributed by atoms with Crippen LogP contribution >= 0.6 is 11.8 Å². The van der Waals surface area contributed by atoms with Gasteiger partial charge in [-0.1, -0.05) is 19.0 Å². The molecule has 0 amide bonds. The minimum absolute atomic E-state index is 0.00495. The lowest BCUT2D eigenvalue weighted by Crippen LogP contribution is -2.38. The van der Waals surface area contributed by atoms with Crippen LogP contribution in [-0.4, -0.2) is 57.7 Å². The summed E-state index contributed by atoms with van der Waals surface area (Å²) < 4.78 is 17.3. The molecule has 3 aromatic rings. The number of hydrogen-bond donors (Lipinski definition) is 1. The Balaban J connectivity index is 1.42. The van der Waals surface area contributed by atoms with E-state index in [1.807, 2.05) is 39.2 Å². The van der Waals surface area contributed by atoms with Crippen molar-refractivity contribution in [2.75, 3.05) is 36.7 Å². The van der Waals surface area contributed by atoms with Crippen molar-refractivity contribution in [3.05, 3.63) is 30.0 Å². The van der Waals surface area contributed by atoms with Gasteiger partial charge in [0.05, 0.1) is 23.5 Å². The van der Waals surface area contributed by atoms with E-state index < -0.39 is 0 Å². The molecule has 11 heteroatoms. The number of pyridine rings is 1. The van der Waals surface area contributed by atoms with Gasteiger partial charge in [-0.2, -0.15) is 9.97 Å². The smallest absolute Gasteiger partial charge is 0.324 e. The first-order valence-electron chi connectivity index (χ1n) is 10.9. The van der Waals surface area contributed by atoms with Gasteiger partial charge in [-0.05, 0) is 25.3 Å². The molecule has 4 rings (SSSR count). The van der Waals surface area contributed by atoms with Crippen LogP contribution in [0, 0.1) is 6.92 Å². The zero-order chi connectivity index (χ0) is 23.4. The number of rotatable bonds is 8. The molecule has 0 aliphatic carbocycles. The number of anilines is 3. The average Bonchev–Trinajstić information content (AvgIpc) is 3.32. The van der Waals surface area contributed by atoms with Gasteiger partial charge in [0.2, 0.25) is 5.75 Å². The molecule has 1 fully saturated rings. The Labute approximate surface area is 197 Å². The fourth-order valence-electron chi connectivity index (χ4n) is 3.54. The van der Waals surface area contributed by atoms with Gasteiger partial charge in [-0.3, -0.25) is 0 Å². The number of aryl methyl sites for hydroxylation is 1. The van der Waals surface area contributed by atoms with E-state index in [1.165, 1.54) is 6.33 Å². The summed E-state index contributed by atoms with van der Waals surface area (Å²) in [5, 5.41) is 8.31. The van der Waals surface area contributed by atoms with E-state index in [4.69, 9.17) is 14.0 Å². The Morgan fingerprint density at radius 1 is 1.18 bits per heavy atom. The molecule has 176 valence electrons. The molecule has 0 radical (unpaired) electrons. The van der Waals surface area contributed by atoms with E-state index in [-0.39, 0.29) is 12.0 Å². The summed E-state index contributed by atoms with van der Waals surface area (Å²) in [6, 6.07) is 4.51. The Morgan fingerprint density at radius 2 is 1.97 bits per heavy atom. The molecule has 0 aromatic carbocycles. The summed E-state index contributed by atoms with van der Waals surface area (Å²) >= 11 is 1.60. The molecule has 0 bridgehead atoms. The molecule has 0 spiro atoms. The third kappa shape index (κ3) is 5.29. The minimum Gasteiger partial charge on any atom is -0.489 e. The summed E-state index contributed by atoms with van der Waals surface area (Å²) in [6.07, 6.45) is 5.07. The van der Waals surface area contributed by atoms with E-state index in [0.29, 0.717) is 23.5 Å². The van der Waals surface area contributed by atoms with E-state index in [0.717, 1.165) is 48.2 Å². The molecular formula is C22H29N7O3S. The average molecular weight is 472 g/mol. The number of methoxy groups -OCH3 is 1. The molecular weight excluding hydrogens is 442 g/mol. The maximum absolute atomic E-state index is 6.22. The lowest BCUT2D eigenvalue weighted by molar-refractivity contribution is 0.155. The standard InChI is InChI=1S/C22H29N7O3S/c1-13(2)19-27-22(32-28-19)29-10-8-15(9-11-29)31-21-18(30-4)20(23-12-24-21)26-16-6-7-17(33-5)25-14(16)3/h6-7,12-13,15H,8-11H2,1-5H3,(H,23,24,26). The lowest BCUT2D eigenvalue weighted by Gasteiger charge is -2.30. The van der Waals surface area contributed by atoms with Crippen molar-refractivity contribution in [1.29, 1.82) is 0 Å². The first-order valence-corrected chi connectivity index (χ1v) is 12.1. The maximum atomic E-state index is 6.22. The molecule has 3 aromatic heterocycles. The topological polar surface area (TPSA) is 111 Å². The normalized spacial score (nSPS) is 14.5. The number of nitrogens with zero attached hydrogens (tertiary/aromatic N) is 6. The largest absolute Gasteiger partial charge is 0.489 e. The summed E-state index contributed by atoms with van der Waals surface area (Å²) in [6.45, 7) is 7.56. The number of hydrogen-bond acceptors (Lipinski definition) is 11. The highest BCUT2D eigenvalue weighted by molar-refractivity contribution is 7.98. The summed E-state index contributed by atoms with van der Waals surface area (Å²) in [5.41, 5.74) is 1.73. The second-order valence-electron chi connectivity index (χ2n) is 8.07. The van der Waals surface area contributed by atoms with E-state index >= 15 is 0 Å². The SMILES string of the molecule is COc1c(Nc2ccc(SC)nc2C)ncnc1OC1CCN(c2nc(C(C)C)no2)CC1. The first-order chi connectivity index (χ1) is 16.0. The zero-order valence-electron chi connectivity index (χ0n) is 19.5. The number of thioether (sulfide) groups is 1. The molecule has 1 aliphatic rings. The van der Waals surface area contributed by atoms with Gasteiger partial charge in [0, 0.05) is 31.8 Å². The lowest BCUT2D eigenvalue weighted by atomic mass is 10.1. The number of aromatic nitrogens is 5. The Morgan fingerprint density at radius 3 is 2.61 bits per heavy atom. The van der Waals surface area contributed by atoms with Gasteiger partial charge < -0.3 is 24.2 Å². The van der Waals surface area contributed by atoms with Crippen LogP contribution in [-0.2, 0) is 0 Å². The maximum Gasteiger partial charge on any atom is 0.324 e. The number of piperidine rings is 1. The fraction of sp³-hybridized carbons (Fsp3) is 0.500. The molecule has 1 aliphatic heterocycles. The van der Waals surface area contributed by atoms with Crippen LogP contribution in [0.25, 0.3) is 0 Å². The number of ether oxygens (including phenoxy) is 2. The molecule has 10 nitrogen and oxygen atoms in total. The van der Waals surface area contributed by atoms with Crippen molar-refractivity contribution < 1.29 is 14.0 Å². The Hall–Kier alpha value is -3.08. The first kappa shape index (κ1) is 23.1. The van der Waals surface area contributed by atoms with E-state index in [9.17, 15) is 0 Å². The summed E-state index contributed by atoms with van der Waals surface area (Å²) in [5.74, 6) is 2.38. The van der Waals surface area contributed by atoms with Gasteiger partial charge in [0.25, 0.3) is 5.88 Å². The third-order valence-electron chi connectivity index (χ3n) is 5.44. The van der Waals surface area contributed by atoms with Crippen LogP contribution in [0.1, 0.15) is 44.1 Å². The highest BCUT2D eigenvalue weighted by Gasteiger charge is 2.26. The molecule has 1 N–H and O–H groups in total. The fourth-order valence-corrected chi connectivity index (χ4v) is 3.97. The van der Waals surface area contributed by atoms with Crippen molar-refractivity contribution in [2.24, 2.45) is 0 Å². The quantitative estimate of drug-likeness (QED) is 0.477. The molecule has 1 saturated heterocycles. The predicted octanol–water partition coefficient (Wildman–Crippen LogP) is 4.21. The Kier molecular flexibility index (Phi) is 7.17. The van der Waals surface area contributed by atoms with Crippen LogP contribution in [0.5, 0.6) is 11.6 Å². The second kappa shape index (κ2) is 10.2. The van der Waals surface area contributed by atoms with Crippen molar-refractivity contribution in [2.45, 2.75) is 50.7 Å². The predicted molar refractivity (Wildman–Crippen MR) is 127 cm³/mol. The van der Waals surface area contributed by atoms with Crippen LogP contribution in [0.2, 0.25) is 0 Å². The minimum atomic E-state index is -0.00495. The molecule has 0 unspecified atom stereocenters. The third-order valence-corrected chi connectivity index (χ3v) is 6.08. The second-order valence-corrected chi connectivity index (χ2v) is 8.89. The highest BCUT2D eigenvalue weighted by atomic mass is 32.2. The Bertz CT molecular complexity index is 1080. The molecule has 0 atom stereocenters. The number of nitrogens with one attached hydrogen (secondary N) is 1. The molecule has 4 heterocycles. The van der Waals surface area contributed by atoms with Gasteiger partial charge >= 0.3 is 6.01 Å². The molecule has 33 heavy (non-hydrogen) atoms. The van der Waals surface area contributed by atoms with Crippen molar-refractivity contribution >= 4 is 29.3 Å². The van der Waals surface area contributed by atoms with Crippen LogP contribution in [0.3, 0.4) is 0 Å². The highest BCUT2D eigenvalue weighted by Crippen LogP contribution is 2.35. The van der Waals surface area contributed by atoms with Gasteiger partial charge in [0.1, 0.15) is 12.4 Å².